The van der Waals surface area contributed by atoms with Gasteiger partial charge in [0.05, 0.1) is 23.4 Å². The van der Waals surface area contributed by atoms with E-state index in [0.717, 1.165) is 11.8 Å². The van der Waals surface area contributed by atoms with E-state index >= 15 is 0 Å². The monoisotopic (exact) mass is 228 g/mol. The van der Waals surface area contributed by atoms with Crippen molar-refractivity contribution in [3.8, 4) is 0 Å². The molecule has 0 heterocycles. The van der Waals surface area contributed by atoms with Crippen LogP contribution in [0.5, 0.6) is 0 Å². The Hall–Kier alpha value is 0.540. The highest BCUT2D eigenvalue weighted by Gasteiger charge is 2.23. The van der Waals surface area contributed by atoms with Gasteiger partial charge in [0, 0.05) is 0 Å². The SMILES string of the molecule is CSC(SC(O)C(C)O)C(O)CO. The molecule has 0 saturated heterocycles. The Balaban J connectivity index is 3.97. The van der Waals surface area contributed by atoms with Gasteiger partial charge in [0.25, 0.3) is 0 Å². The summed E-state index contributed by atoms with van der Waals surface area (Å²) in [4.78, 5) is 0. The average molecular weight is 228 g/mol. The molecular formula is C7H16O4S2. The maximum absolute atomic E-state index is 9.28. The van der Waals surface area contributed by atoms with Crippen LogP contribution in [0.15, 0.2) is 0 Å². The predicted molar refractivity (Wildman–Crippen MR) is 55.7 cm³/mol. The van der Waals surface area contributed by atoms with Gasteiger partial charge < -0.3 is 20.4 Å². The minimum Gasteiger partial charge on any atom is -0.394 e. The van der Waals surface area contributed by atoms with Gasteiger partial charge in [-0.1, -0.05) is 0 Å². The summed E-state index contributed by atoms with van der Waals surface area (Å²) in [7, 11) is 0. The lowest BCUT2D eigenvalue weighted by Crippen LogP contribution is -2.29. The van der Waals surface area contributed by atoms with Gasteiger partial charge in [-0.05, 0) is 13.2 Å². The van der Waals surface area contributed by atoms with Crippen LogP contribution in [0.1, 0.15) is 6.92 Å². The third-order valence-corrected chi connectivity index (χ3v) is 4.36. The Morgan fingerprint density at radius 3 is 2.08 bits per heavy atom. The Morgan fingerprint density at radius 2 is 1.77 bits per heavy atom. The predicted octanol–water partition coefficient (Wildman–Crippen LogP) is -0.539. The summed E-state index contributed by atoms with van der Waals surface area (Å²) in [6, 6.07) is 0. The highest BCUT2D eigenvalue weighted by molar-refractivity contribution is 8.17. The van der Waals surface area contributed by atoms with Crippen LogP contribution in [0.3, 0.4) is 0 Å². The normalized spacial score (nSPS) is 20.8. The van der Waals surface area contributed by atoms with Crippen LogP contribution in [-0.4, -0.2) is 55.5 Å². The van der Waals surface area contributed by atoms with Crippen molar-refractivity contribution in [3.63, 3.8) is 0 Å². The molecule has 6 heteroatoms. The van der Waals surface area contributed by atoms with Crippen molar-refractivity contribution in [2.24, 2.45) is 0 Å². The highest BCUT2D eigenvalue weighted by atomic mass is 32.2. The molecule has 0 aromatic carbocycles. The first-order chi connectivity index (χ1) is 6.02. The molecule has 0 aromatic heterocycles. The molecule has 0 bridgehead atoms. The second-order valence-electron chi connectivity index (χ2n) is 2.62. The van der Waals surface area contributed by atoms with E-state index < -0.39 is 17.6 Å². The molecule has 0 amide bonds. The van der Waals surface area contributed by atoms with E-state index in [4.69, 9.17) is 10.2 Å². The molecular weight excluding hydrogens is 212 g/mol. The highest BCUT2D eigenvalue weighted by Crippen LogP contribution is 2.28. The molecule has 0 aliphatic rings. The zero-order chi connectivity index (χ0) is 10.4. The lowest BCUT2D eigenvalue weighted by atomic mass is 10.4. The summed E-state index contributed by atoms with van der Waals surface area (Å²) in [5.74, 6) is 0. The van der Waals surface area contributed by atoms with E-state index in [2.05, 4.69) is 0 Å². The van der Waals surface area contributed by atoms with Crippen LogP contribution in [0.4, 0.5) is 0 Å². The smallest absolute Gasteiger partial charge is 0.126 e. The van der Waals surface area contributed by atoms with Crippen LogP contribution in [0.25, 0.3) is 0 Å². The van der Waals surface area contributed by atoms with Gasteiger partial charge in [-0.25, -0.2) is 0 Å². The van der Waals surface area contributed by atoms with Gasteiger partial charge >= 0.3 is 0 Å². The van der Waals surface area contributed by atoms with E-state index in [9.17, 15) is 10.2 Å². The van der Waals surface area contributed by atoms with E-state index in [1.54, 1.807) is 6.26 Å². The Labute approximate surface area is 86.4 Å². The van der Waals surface area contributed by atoms with Crippen molar-refractivity contribution >= 4 is 23.5 Å². The molecule has 0 radical (unpaired) electrons. The molecule has 0 aromatic rings. The third-order valence-electron chi connectivity index (χ3n) is 1.42. The summed E-state index contributed by atoms with van der Waals surface area (Å²) < 4.78 is -0.324. The first-order valence-corrected chi connectivity index (χ1v) is 6.09. The van der Waals surface area contributed by atoms with E-state index in [0.29, 0.717) is 0 Å². The number of hydrogen-bond donors (Lipinski definition) is 4. The molecule has 0 aliphatic carbocycles. The summed E-state index contributed by atoms with van der Waals surface area (Å²) in [6.07, 6.45) is 0.0460. The molecule has 80 valence electrons. The van der Waals surface area contributed by atoms with Gasteiger partial charge in [-0.3, -0.25) is 0 Å². The van der Waals surface area contributed by atoms with Gasteiger partial charge in [0.1, 0.15) is 5.44 Å². The van der Waals surface area contributed by atoms with Gasteiger partial charge in [-0.2, -0.15) is 0 Å². The standard InChI is InChI=1S/C7H16O4S2/c1-4(9)6(11)13-7(12-2)5(10)3-8/h4-11H,3H2,1-2H3. The number of aliphatic hydroxyl groups is 4. The van der Waals surface area contributed by atoms with Gasteiger partial charge in [0.15, 0.2) is 0 Å². The number of rotatable bonds is 6. The lowest BCUT2D eigenvalue weighted by Gasteiger charge is -2.22. The van der Waals surface area contributed by atoms with Crippen LogP contribution in [0.2, 0.25) is 0 Å². The molecule has 4 unspecified atom stereocenters. The van der Waals surface area contributed by atoms with Gasteiger partial charge in [-0.15, -0.1) is 23.5 Å². The van der Waals surface area contributed by atoms with Gasteiger partial charge in [0.2, 0.25) is 0 Å². The van der Waals surface area contributed by atoms with Crippen molar-refractivity contribution in [2.45, 2.75) is 29.1 Å². The number of aliphatic hydroxyl groups excluding tert-OH is 4. The molecule has 0 fully saturated rings. The first-order valence-electron chi connectivity index (χ1n) is 3.86. The van der Waals surface area contributed by atoms with Crippen molar-refractivity contribution in [1.82, 2.24) is 0 Å². The second-order valence-corrected chi connectivity index (χ2v) is 5.16. The summed E-state index contributed by atoms with van der Waals surface area (Å²) in [5.41, 5.74) is -0.932. The summed E-state index contributed by atoms with van der Waals surface area (Å²) in [6.45, 7) is 1.13. The molecule has 0 spiro atoms. The second kappa shape index (κ2) is 6.92. The van der Waals surface area contributed by atoms with Crippen molar-refractivity contribution in [2.75, 3.05) is 12.9 Å². The summed E-state index contributed by atoms with van der Waals surface area (Å²) >= 11 is 2.37. The van der Waals surface area contributed by atoms with Crippen molar-refractivity contribution in [3.05, 3.63) is 0 Å². The maximum atomic E-state index is 9.28. The zero-order valence-electron chi connectivity index (χ0n) is 7.62. The molecule has 13 heavy (non-hydrogen) atoms. The van der Waals surface area contributed by atoms with Crippen LogP contribution >= 0.6 is 23.5 Å². The number of hydrogen-bond acceptors (Lipinski definition) is 6. The molecule has 0 aliphatic heterocycles. The minimum atomic E-state index is -0.932. The van der Waals surface area contributed by atoms with E-state index in [-0.39, 0.29) is 11.2 Å². The third kappa shape index (κ3) is 5.09. The van der Waals surface area contributed by atoms with Crippen molar-refractivity contribution in [1.29, 1.82) is 0 Å². The summed E-state index contributed by atoms with van der Waals surface area (Å²) in [5, 5.41) is 36.2. The lowest BCUT2D eigenvalue weighted by molar-refractivity contribution is 0.0837. The molecule has 0 rings (SSSR count). The number of thioether (sulfide) groups is 2. The average Bonchev–Trinajstić information content (AvgIpc) is 2.12. The first kappa shape index (κ1) is 13.5. The fourth-order valence-electron chi connectivity index (χ4n) is 0.641. The van der Waals surface area contributed by atoms with Crippen molar-refractivity contribution < 1.29 is 20.4 Å². The Kier molecular flexibility index (Phi) is 7.20. The molecule has 4 atom stereocenters. The maximum Gasteiger partial charge on any atom is 0.126 e. The Bertz CT molecular complexity index is 134. The van der Waals surface area contributed by atoms with E-state index in [1.165, 1.54) is 18.7 Å². The zero-order valence-corrected chi connectivity index (χ0v) is 9.25. The van der Waals surface area contributed by atoms with Crippen LogP contribution < -0.4 is 0 Å². The van der Waals surface area contributed by atoms with Crippen LogP contribution in [-0.2, 0) is 0 Å². The minimum absolute atomic E-state index is 0.324. The van der Waals surface area contributed by atoms with Crippen LogP contribution in [0, 0.1) is 0 Å². The molecule has 0 saturated carbocycles. The fourth-order valence-corrected chi connectivity index (χ4v) is 2.60. The largest absolute Gasteiger partial charge is 0.394 e. The molecule has 4 N–H and O–H groups in total. The fraction of sp³-hybridized carbons (Fsp3) is 1.00. The topological polar surface area (TPSA) is 80.9 Å². The quantitative estimate of drug-likeness (QED) is 0.457. The Morgan fingerprint density at radius 1 is 1.23 bits per heavy atom. The molecule has 4 nitrogen and oxygen atoms in total. The van der Waals surface area contributed by atoms with E-state index in [1.807, 2.05) is 0 Å².